The standard InChI is InChI=1S/C14H21BrN2O3S/c1-10(2)16-14(18)7-8-17(21(4,19)20)13-6-5-11(3)9-12(13)15/h5-6,9-10H,7-8H2,1-4H3,(H,16,18). The molecule has 1 N–H and O–H groups in total. The Kier molecular flexibility index (Phi) is 6.22. The number of carbonyl (C=O) groups excluding carboxylic acids is 1. The first-order valence-corrected chi connectivity index (χ1v) is 9.28. The van der Waals surface area contributed by atoms with Crippen molar-refractivity contribution in [1.82, 2.24) is 5.32 Å². The molecule has 0 atom stereocenters. The van der Waals surface area contributed by atoms with Gasteiger partial charge in [-0.3, -0.25) is 9.10 Å². The van der Waals surface area contributed by atoms with E-state index in [9.17, 15) is 13.2 Å². The molecule has 0 unspecified atom stereocenters. The van der Waals surface area contributed by atoms with Crippen LogP contribution in [-0.2, 0) is 14.8 Å². The van der Waals surface area contributed by atoms with Gasteiger partial charge in [0.25, 0.3) is 0 Å². The predicted molar refractivity (Wildman–Crippen MR) is 89.0 cm³/mol. The lowest BCUT2D eigenvalue weighted by atomic mass is 10.2. The van der Waals surface area contributed by atoms with Gasteiger partial charge >= 0.3 is 0 Å². The minimum atomic E-state index is -3.45. The van der Waals surface area contributed by atoms with Gasteiger partial charge in [-0.1, -0.05) is 6.07 Å². The number of sulfonamides is 1. The van der Waals surface area contributed by atoms with Crippen molar-refractivity contribution < 1.29 is 13.2 Å². The molecule has 0 heterocycles. The lowest BCUT2D eigenvalue weighted by molar-refractivity contribution is -0.121. The molecular formula is C14H21BrN2O3S. The first-order valence-electron chi connectivity index (χ1n) is 6.64. The molecule has 0 aliphatic rings. The molecule has 1 rings (SSSR count). The third-order valence-corrected chi connectivity index (χ3v) is 4.58. The van der Waals surface area contributed by atoms with Crippen LogP contribution < -0.4 is 9.62 Å². The zero-order valence-corrected chi connectivity index (χ0v) is 15.1. The fourth-order valence-electron chi connectivity index (χ4n) is 1.88. The number of carbonyl (C=O) groups is 1. The van der Waals surface area contributed by atoms with Crippen LogP contribution in [0.1, 0.15) is 25.8 Å². The molecular weight excluding hydrogens is 356 g/mol. The van der Waals surface area contributed by atoms with Gasteiger partial charge < -0.3 is 5.32 Å². The van der Waals surface area contributed by atoms with E-state index in [0.29, 0.717) is 10.2 Å². The molecule has 0 fully saturated rings. The lowest BCUT2D eigenvalue weighted by Crippen LogP contribution is -2.36. The first kappa shape index (κ1) is 18.0. The highest BCUT2D eigenvalue weighted by molar-refractivity contribution is 9.10. The maximum atomic E-state index is 12.0. The van der Waals surface area contributed by atoms with E-state index in [1.807, 2.05) is 32.9 Å². The van der Waals surface area contributed by atoms with Gasteiger partial charge in [0.2, 0.25) is 15.9 Å². The van der Waals surface area contributed by atoms with E-state index in [0.717, 1.165) is 11.8 Å². The van der Waals surface area contributed by atoms with Crippen molar-refractivity contribution in [3.05, 3.63) is 28.2 Å². The van der Waals surface area contributed by atoms with Crippen LogP contribution >= 0.6 is 15.9 Å². The maximum absolute atomic E-state index is 12.0. The number of hydrogen-bond donors (Lipinski definition) is 1. The predicted octanol–water partition coefficient (Wildman–Crippen LogP) is 2.44. The minimum Gasteiger partial charge on any atom is -0.354 e. The van der Waals surface area contributed by atoms with Crippen LogP contribution in [-0.4, -0.2) is 33.2 Å². The molecule has 5 nitrogen and oxygen atoms in total. The summed E-state index contributed by atoms with van der Waals surface area (Å²) < 4.78 is 25.9. The summed E-state index contributed by atoms with van der Waals surface area (Å²) >= 11 is 3.38. The molecule has 118 valence electrons. The van der Waals surface area contributed by atoms with Crippen LogP contribution in [0.5, 0.6) is 0 Å². The molecule has 0 aliphatic carbocycles. The lowest BCUT2D eigenvalue weighted by Gasteiger charge is -2.23. The number of aryl methyl sites for hydroxylation is 1. The summed E-state index contributed by atoms with van der Waals surface area (Å²) in [5.41, 5.74) is 1.57. The number of benzene rings is 1. The van der Waals surface area contributed by atoms with Crippen LogP contribution in [0.15, 0.2) is 22.7 Å². The molecule has 1 amide bonds. The number of nitrogens with one attached hydrogen (secondary N) is 1. The van der Waals surface area contributed by atoms with Crippen LogP contribution in [0.3, 0.4) is 0 Å². The largest absolute Gasteiger partial charge is 0.354 e. The molecule has 0 aromatic heterocycles. The van der Waals surface area contributed by atoms with Gasteiger partial charge in [-0.25, -0.2) is 8.42 Å². The first-order chi connectivity index (χ1) is 9.61. The topological polar surface area (TPSA) is 66.5 Å². The van der Waals surface area contributed by atoms with Crippen molar-refractivity contribution in [2.45, 2.75) is 33.2 Å². The zero-order valence-electron chi connectivity index (χ0n) is 12.7. The molecule has 0 aliphatic heterocycles. The molecule has 0 bridgehead atoms. The minimum absolute atomic E-state index is 0.0373. The van der Waals surface area contributed by atoms with Crippen molar-refractivity contribution in [3.8, 4) is 0 Å². The van der Waals surface area contributed by atoms with Gasteiger partial charge in [-0.05, 0) is 54.4 Å². The zero-order chi connectivity index (χ0) is 16.2. The summed E-state index contributed by atoms with van der Waals surface area (Å²) in [6, 6.07) is 5.46. The van der Waals surface area contributed by atoms with Gasteiger partial charge in [0.1, 0.15) is 0 Å². The molecule has 21 heavy (non-hydrogen) atoms. The van der Waals surface area contributed by atoms with Crippen LogP contribution in [0.4, 0.5) is 5.69 Å². The number of halogens is 1. The van der Waals surface area contributed by atoms with Crippen molar-refractivity contribution >= 4 is 37.5 Å². The Morgan fingerprint density at radius 2 is 2.00 bits per heavy atom. The Bertz CT molecular complexity index is 615. The average molecular weight is 377 g/mol. The van der Waals surface area contributed by atoms with E-state index >= 15 is 0 Å². The second-order valence-electron chi connectivity index (χ2n) is 5.26. The van der Waals surface area contributed by atoms with Crippen LogP contribution in [0, 0.1) is 6.92 Å². The third kappa shape index (κ3) is 5.67. The van der Waals surface area contributed by atoms with E-state index in [2.05, 4.69) is 21.2 Å². The Balaban J connectivity index is 2.95. The molecule has 0 saturated heterocycles. The number of rotatable bonds is 6. The van der Waals surface area contributed by atoms with Crippen molar-refractivity contribution in [2.24, 2.45) is 0 Å². The van der Waals surface area contributed by atoms with E-state index in [1.165, 1.54) is 4.31 Å². The smallest absolute Gasteiger partial charge is 0.232 e. The Morgan fingerprint density at radius 1 is 1.38 bits per heavy atom. The molecule has 0 saturated carbocycles. The number of amides is 1. The second kappa shape index (κ2) is 7.26. The molecule has 7 heteroatoms. The van der Waals surface area contributed by atoms with Crippen molar-refractivity contribution in [2.75, 3.05) is 17.1 Å². The van der Waals surface area contributed by atoms with Gasteiger partial charge in [0, 0.05) is 23.5 Å². The van der Waals surface area contributed by atoms with Crippen molar-refractivity contribution in [1.29, 1.82) is 0 Å². The number of nitrogens with zero attached hydrogens (tertiary/aromatic N) is 1. The van der Waals surface area contributed by atoms with Gasteiger partial charge in [0.15, 0.2) is 0 Å². The van der Waals surface area contributed by atoms with Crippen molar-refractivity contribution in [3.63, 3.8) is 0 Å². The van der Waals surface area contributed by atoms with E-state index in [1.54, 1.807) is 6.07 Å². The quantitative estimate of drug-likeness (QED) is 0.828. The van der Waals surface area contributed by atoms with Crippen LogP contribution in [0.25, 0.3) is 0 Å². The summed E-state index contributed by atoms with van der Waals surface area (Å²) in [7, 11) is -3.45. The van der Waals surface area contributed by atoms with E-state index < -0.39 is 10.0 Å². The van der Waals surface area contributed by atoms with Crippen LogP contribution in [0.2, 0.25) is 0 Å². The van der Waals surface area contributed by atoms with Gasteiger partial charge in [0.05, 0.1) is 11.9 Å². The fourth-order valence-corrected chi connectivity index (χ4v) is 3.64. The summed E-state index contributed by atoms with van der Waals surface area (Å²) in [6.07, 6.45) is 1.26. The fraction of sp³-hybridized carbons (Fsp3) is 0.500. The maximum Gasteiger partial charge on any atom is 0.232 e. The Hall–Kier alpha value is -1.08. The summed E-state index contributed by atoms with van der Waals surface area (Å²) in [6.45, 7) is 5.76. The van der Waals surface area contributed by atoms with Gasteiger partial charge in [-0.2, -0.15) is 0 Å². The normalized spacial score (nSPS) is 11.5. The number of anilines is 1. The molecule has 0 spiro atoms. The monoisotopic (exact) mass is 376 g/mol. The van der Waals surface area contributed by atoms with E-state index in [-0.39, 0.29) is 24.9 Å². The highest BCUT2D eigenvalue weighted by Crippen LogP contribution is 2.29. The SMILES string of the molecule is Cc1ccc(N(CCC(=O)NC(C)C)S(C)(=O)=O)c(Br)c1. The summed E-state index contributed by atoms with van der Waals surface area (Å²) in [4.78, 5) is 11.7. The van der Waals surface area contributed by atoms with Gasteiger partial charge in [-0.15, -0.1) is 0 Å². The molecule has 0 radical (unpaired) electrons. The third-order valence-electron chi connectivity index (χ3n) is 2.76. The Morgan fingerprint density at radius 3 is 2.48 bits per heavy atom. The Labute approximate surface area is 134 Å². The molecule has 1 aromatic rings. The molecule has 1 aromatic carbocycles. The summed E-state index contributed by atoms with van der Waals surface area (Å²) in [5, 5.41) is 2.75. The highest BCUT2D eigenvalue weighted by atomic mass is 79.9. The number of hydrogen-bond acceptors (Lipinski definition) is 3. The summed E-state index contributed by atoms with van der Waals surface area (Å²) in [5.74, 6) is -0.165. The second-order valence-corrected chi connectivity index (χ2v) is 8.02. The average Bonchev–Trinajstić information content (AvgIpc) is 2.29. The highest BCUT2D eigenvalue weighted by Gasteiger charge is 2.20. The van der Waals surface area contributed by atoms with E-state index in [4.69, 9.17) is 0 Å².